The van der Waals surface area contributed by atoms with E-state index < -0.39 is 5.97 Å². The van der Waals surface area contributed by atoms with Crippen LogP contribution in [0.2, 0.25) is 0 Å². The molecule has 0 fully saturated rings. The zero-order valence-electron chi connectivity index (χ0n) is 9.60. The fourth-order valence-corrected chi connectivity index (χ4v) is 1.31. The minimum atomic E-state index is -0.619. The van der Waals surface area contributed by atoms with Gasteiger partial charge in [0.2, 0.25) is 0 Å². The van der Waals surface area contributed by atoms with E-state index in [0.717, 1.165) is 5.56 Å². The monoisotopic (exact) mass is 221 g/mol. The highest BCUT2D eigenvalue weighted by atomic mass is 16.5. The minimum absolute atomic E-state index is 0.0631. The third kappa shape index (κ3) is 2.82. The van der Waals surface area contributed by atoms with Crippen LogP contribution in [0.25, 0.3) is 0 Å². The molecule has 0 bridgehead atoms. The number of rotatable bonds is 3. The summed E-state index contributed by atoms with van der Waals surface area (Å²) in [6.45, 7) is 5.32. The first kappa shape index (κ1) is 12.2. The van der Waals surface area contributed by atoms with Gasteiger partial charge in [0, 0.05) is 5.56 Å². The zero-order chi connectivity index (χ0) is 12.1. The minimum Gasteiger partial charge on any atom is -0.458 e. The first-order valence-corrected chi connectivity index (χ1v) is 5.05. The van der Waals surface area contributed by atoms with E-state index in [0.29, 0.717) is 5.56 Å². The van der Waals surface area contributed by atoms with Crippen LogP contribution in [0.15, 0.2) is 29.4 Å². The second-order valence-corrected chi connectivity index (χ2v) is 3.72. The maximum absolute atomic E-state index is 11.6. The number of oxime groups is 1. The smallest absolute Gasteiger partial charge is 0.361 e. The number of esters is 1. The largest absolute Gasteiger partial charge is 0.458 e. The lowest BCUT2D eigenvalue weighted by molar-refractivity contribution is -0.139. The molecule has 0 radical (unpaired) electrons. The van der Waals surface area contributed by atoms with E-state index in [9.17, 15) is 4.79 Å². The van der Waals surface area contributed by atoms with Crippen molar-refractivity contribution < 1.29 is 14.7 Å². The Morgan fingerprint density at radius 1 is 1.38 bits per heavy atom. The van der Waals surface area contributed by atoms with Gasteiger partial charge in [0.05, 0.1) is 6.10 Å². The van der Waals surface area contributed by atoms with Crippen LogP contribution in [0.3, 0.4) is 0 Å². The van der Waals surface area contributed by atoms with E-state index in [1.54, 1.807) is 26.0 Å². The van der Waals surface area contributed by atoms with Crippen molar-refractivity contribution in [2.75, 3.05) is 0 Å². The van der Waals surface area contributed by atoms with E-state index in [1.165, 1.54) is 0 Å². The van der Waals surface area contributed by atoms with Crippen molar-refractivity contribution in [1.82, 2.24) is 0 Å². The average Bonchev–Trinajstić information content (AvgIpc) is 2.20. The van der Waals surface area contributed by atoms with Crippen LogP contribution >= 0.6 is 0 Å². The second kappa shape index (κ2) is 5.30. The summed E-state index contributed by atoms with van der Waals surface area (Å²) in [6, 6.07) is 7.17. The number of aryl methyl sites for hydroxylation is 1. The first-order valence-electron chi connectivity index (χ1n) is 5.05. The Bertz CT molecular complexity index is 410. The molecule has 0 aliphatic heterocycles. The Kier molecular flexibility index (Phi) is 4.05. The lowest BCUT2D eigenvalue weighted by Gasteiger charge is -2.10. The Balaban J connectivity index is 3.01. The number of hydrogen-bond donors (Lipinski definition) is 1. The summed E-state index contributed by atoms with van der Waals surface area (Å²) < 4.78 is 4.98. The molecule has 16 heavy (non-hydrogen) atoms. The van der Waals surface area contributed by atoms with Gasteiger partial charge in [-0.2, -0.15) is 0 Å². The molecule has 0 aliphatic carbocycles. The van der Waals surface area contributed by atoms with Gasteiger partial charge in [-0.05, 0) is 26.3 Å². The van der Waals surface area contributed by atoms with Crippen LogP contribution in [0.5, 0.6) is 0 Å². The van der Waals surface area contributed by atoms with Crippen LogP contribution in [-0.2, 0) is 9.53 Å². The van der Waals surface area contributed by atoms with E-state index in [-0.39, 0.29) is 11.8 Å². The van der Waals surface area contributed by atoms with Gasteiger partial charge in [0.15, 0.2) is 5.71 Å². The van der Waals surface area contributed by atoms with Crippen LogP contribution in [0.1, 0.15) is 25.0 Å². The Hall–Kier alpha value is -1.84. The third-order valence-electron chi connectivity index (χ3n) is 2.04. The number of benzene rings is 1. The Labute approximate surface area is 94.5 Å². The van der Waals surface area contributed by atoms with Gasteiger partial charge in [0.1, 0.15) is 0 Å². The fraction of sp³-hybridized carbons (Fsp3) is 0.333. The molecule has 86 valence electrons. The summed E-state index contributed by atoms with van der Waals surface area (Å²) >= 11 is 0. The highest BCUT2D eigenvalue weighted by molar-refractivity contribution is 6.43. The summed E-state index contributed by atoms with van der Waals surface area (Å²) in [5.41, 5.74) is 1.37. The Morgan fingerprint density at radius 2 is 2.00 bits per heavy atom. The first-order chi connectivity index (χ1) is 7.56. The molecule has 0 unspecified atom stereocenters. The molecule has 0 spiro atoms. The summed E-state index contributed by atoms with van der Waals surface area (Å²) in [5.74, 6) is -0.619. The standard InChI is InChI=1S/C12H15NO3/c1-8(2)16-12(14)11(13-15)10-7-5-4-6-9(10)3/h4-8,15H,1-3H3/b13-11+. The Morgan fingerprint density at radius 3 is 2.50 bits per heavy atom. The molecule has 0 saturated carbocycles. The predicted molar refractivity (Wildman–Crippen MR) is 60.7 cm³/mol. The molecule has 0 atom stereocenters. The van der Waals surface area contributed by atoms with Crippen molar-refractivity contribution in [1.29, 1.82) is 0 Å². The quantitative estimate of drug-likeness (QED) is 0.368. The highest BCUT2D eigenvalue weighted by Gasteiger charge is 2.19. The van der Waals surface area contributed by atoms with Crippen LogP contribution in [0.4, 0.5) is 0 Å². The van der Waals surface area contributed by atoms with Gasteiger partial charge < -0.3 is 9.94 Å². The van der Waals surface area contributed by atoms with Gasteiger partial charge in [-0.15, -0.1) is 0 Å². The van der Waals surface area contributed by atoms with E-state index in [4.69, 9.17) is 9.94 Å². The molecular weight excluding hydrogens is 206 g/mol. The number of nitrogens with zero attached hydrogens (tertiary/aromatic N) is 1. The molecule has 1 N–H and O–H groups in total. The number of carbonyl (C=O) groups excluding carboxylic acids is 1. The molecule has 0 heterocycles. The number of hydrogen-bond acceptors (Lipinski definition) is 4. The molecule has 1 aromatic carbocycles. The molecule has 4 nitrogen and oxygen atoms in total. The summed E-state index contributed by atoms with van der Waals surface area (Å²) in [5, 5.41) is 11.9. The van der Waals surface area contributed by atoms with E-state index >= 15 is 0 Å². The topological polar surface area (TPSA) is 58.9 Å². The van der Waals surface area contributed by atoms with Crippen LogP contribution in [-0.4, -0.2) is 23.0 Å². The lowest BCUT2D eigenvalue weighted by Crippen LogP contribution is -2.22. The lowest BCUT2D eigenvalue weighted by atomic mass is 10.0. The molecule has 0 saturated heterocycles. The number of ether oxygens (including phenoxy) is 1. The van der Waals surface area contributed by atoms with Gasteiger partial charge in [-0.25, -0.2) is 4.79 Å². The van der Waals surface area contributed by atoms with Gasteiger partial charge in [-0.3, -0.25) is 0 Å². The second-order valence-electron chi connectivity index (χ2n) is 3.72. The predicted octanol–water partition coefficient (Wildman–Crippen LogP) is 2.12. The summed E-state index contributed by atoms with van der Waals surface area (Å²) in [4.78, 5) is 11.6. The van der Waals surface area contributed by atoms with Crippen LogP contribution in [0, 0.1) is 6.92 Å². The van der Waals surface area contributed by atoms with Gasteiger partial charge in [-0.1, -0.05) is 29.4 Å². The van der Waals surface area contributed by atoms with Gasteiger partial charge in [0.25, 0.3) is 0 Å². The molecule has 0 aromatic heterocycles. The maximum Gasteiger partial charge on any atom is 0.361 e. The highest BCUT2D eigenvalue weighted by Crippen LogP contribution is 2.10. The molecule has 1 rings (SSSR count). The SMILES string of the molecule is Cc1ccccc1/C(=N\O)C(=O)OC(C)C. The molecule has 0 aliphatic rings. The molecule has 4 heteroatoms. The fourth-order valence-electron chi connectivity index (χ4n) is 1.31. The van der Waals surface area contributed by atoms with Gasteiger partial charge >= 0.3 is 5.97 Å². The molecular formula is C12H15NO3. The molecule has 1 aromatic rings. The third-order valence-corrected chi connectivity index (χ3v) is 2.04. The summed E-state index contributed by atoms with van der Waals surface area (Å²) in [6.07, 6.45) is -0.242. The average molecular weight is 221 g/mol. The van der Waals surface area contributed by atoms with Crippen molar-refractivity contribution in [3.8, 4) is 0 Å². The van der Waals surface area contributed by atoms with Crippen molar-refractivity contribution in [2.24, 2.45) is 5.16 Å². The van der Waals surface area contributed by atoms with Crippen molar-refractivity contribution in [2.45, 2.75) is 26.9 Å². The van der Waals surface area contributed by atoms with Crippen molar-refractivity contribution in [3.05, 3.63) is 35.4 Å². The van der Waals surface area contributed by atoms with Crippen molar-refractivity contribution >= 4 is 11.7 Å². The normalized spacial score (nSPS) is 11.6. The maximum atomic E-state index is 11.6. The van der Waals surface area contributed by atoms with Crippen molar-refractivity contribution in [3.63, 3.8) is 0 Å². The van der Waals surface area contributed by atoms with E-state index in [2.05, 4.69) is 5.16 Å². The summed E-state index contributed by atoms with van der Waals surface area (Å²) in [7, 11) is 0. The molecule has 0 amide bonds. The van der Waals surface area contributed by atoms with E-state index in [1.807, 2.05) is 19.1 Å². The number of carbonyl (C=O) groups is 1. The van der Waals surface area contributed by atoms with Crippen LogP contribution < -0.4 is 0 Å². The zero-order valence-corrected chi connectivity index (χ0v) is 9.60.